The van der Waals surface area contributed by atoms with Crippen LogP contribution in [-0.2, 0) is 6.54 Å². The molecule has 28 heavy (non-hydrogen) atoms. The summed E-state index contributed by atoms with van der Waals surface area (Å²) < 4.78 is 0. The summed E-state index contributed by atoms with van der Waals surface area (Å²) >= 11 is 12.3. The van der Waals surface area contributed by atoms with Crippen molar-refractivity contribution in [2.75, 3.05) is 26.2 Å². The molecule has 0 unspecified atom stereocenters. The number of nitrogens with one attached hydrogen (secondary N) is 1. The van der Waals surface area contributed by atoms with Crippen molar-refractivity contribution in [3.05, 3.63) is 88.4 Å². The van der Waals surface area contributed by atoms with Gasteiger partial charge in [-0.05, 0) is 34.5 Å². The highest BCUT2D eigenvalue weighted by Crippen LogP contribution is 2.25. The summed E-state index contributed by atoms with van der Waals surface area (Å²) in [5.41, 5.74) is 6.45. The molecule has 0 amide bonds. The summed E-state index contributed by atoms with van der Waals surface area (Å²) in [6, 6.07) is 20.6. The lowest BCUT2D eigenvalue weighted by molar-refractivity contribution is 0.105. The number of nitrogens with zero attached hydrogens (tertiary/aromatic N) is 2. The van der Waals surface area contributed by atoms with Crippen molar-refractivity contribution in [1.82, 2.24) is 15.3 Å². The predicted octanol–water partition coefficient (Wildman–Crippen LogP) is 5.44. The molecular formula is C23H23Cl2N3. The van der Waals surface area contributed by atoms with Gasteiger partial charge in [-0.25, -0.2) is 5.01 Å². The molecule has 0 bridgehead atoms. The first-order valence-corrected chi connectivity index (χ1v) is 10.2. The van der Waals surface area contributed by atoms with Gasteiger partial charge in [0.05, 0.1) is 10.7 Å². The minimum absolute atomic E-state index is 0.611. The standard InChI is InChI=1S/C23H23Cl2N3/c1-17(21-10-9-20(24)15-23(21)25)26-28-13-11-27(12-14-28)16-19-7-4-6-18-5-2-3-8-22(18)19/h2-10,15,26H,1,11-14,16H2. The van der Waals surface area contributed by atoms with Crippen molar-refractivity contribution in [3.8, 4) is 0 Å². The minimum atomic E-state index is 0.611. The van der Waals surface area contributed by atoms with Crippen LogP contribution in [-0.4, -0.2) is 36.1 Å². The maximum absolute atomic E-state index is 6.29. The molecule has 5 heteroatoms. The molecule has 1 saturated heterocycles. The highest BCUT2D eigenvalue weighted by atomic mass is 35.5. The zero-order valence-electron chi connectivity index (χ0n) is 15.7. The van der Waals surface area contributed by atoms with Gasteiger partial charge in [0.25, 0.3) is 0 Å². The van der Waals surface area contributed by atoms with E-state index in [0.29, 0.717) is 10.0 Å². The van der Waals surface area contributed by atoms with Gasteiger partial charge in [0, 0.05) is 43.3 Å². The highest BCUT2D eigenvalue weighted by Gasteiger charge is 2.18. The third-order valence-corrected chi connectivity index (χ3v) is 5.74. The molecule has 4 rings (SSSR count). The number of benzene rings is 3. The van der Waals surface area contributed by atoms with Crippen molar-refractivity contribution in [2.45, 2.75) is 6.54 Å². The van der Waals surface area contributed by atoms with Crippen molar-refractivity contribution in [2.24, 2.45) is 0 Å². The molecule has 1 N–H and O–H groups in total. The minimum Gasteiger partial charge on any atom is -0.319 e. The van der Waals surface area contributed by atoms with Crippen molar-refractivity contribution in [1.29, 1.82) is 0 Å². The fraction of sp³-hybridized carbons (Fsp3) is 0.217. The Labute approximate surface area is 176 Å². The van der Waals surface area contributed by atoms with Crippen LogP contribution in [0.4, 0.5) is 0 Å². The zero-order valence-corrected chi connectivity index (χ0v) is 17.2. The quantitative estimate of drug-likeness (QED) is 0.602. The van der Waals surface area contributed by atoms with Crippen LogP contribution in [0.25, 0.3) is 16.5 Å². The van der Waals surface area contributed by atoms with Gasteiger partial charge in [-0.2, -0.15) is 0 Å². The fourth-order valence-electron chi connectivity index (χ4n) is 3.67. The van der Waals surface area contributed by atoms with Gasteiger partial charge in [0.1, 0.15) is 0 Å². The van der Waals surface area contributed by atoms with Crippen molar-refractivity contribution >= 4 is 39.7 Å². The average Bonchev–Trinajstić information content (AvgIpc) is 2.69. The summed E-state index contributed by atoms with van der Waals surface area (Å²) in [6.07, 6.45) is 0. The highest BCUT2D eigenvalue weighted by molar-refractivity contribution is 6.35. The number of hydrogen-bond acceptors (Lipinski definition) is 3. The Morgan fingerprint density at radius 2 is 1.68 bits per heavy atom. The van der Waals surface area contributed by atoms with Crippen LogP contribution in [0.5, 0.6) is 0 Å². The van der Waals surface area contributed by atoms with Gasteiger partial charge in [-0.3, -0.25) is 4.90 Å². The maximum atomic E-state index is 6.29. The normalized spacial score (nSPS) is 15.6. The number of rotatable bonds is 5. The van der Waals surface area contributed by atoms with E-state index in [1.54, 1.807) is 6.07 Å². The van der Waals surface area contributed by atoms with Crippen LogP contribution in [0.15, 0.2) is 67.2 Å². The van der Waals surface area contributed by atoms with Crippen molar-refractivity contribution in [3.63, 3.8) is 0 Å². The van der Waals surface area contributed by atoms with E-state index in [-0.39, 0.29) is 0 Å². The van der Waals surface area contributed by atoms with Crippen LogP contribution < -0.4 is 5.43 Å². The summed E-state index contributed by atoms with van der Waals surface area (Å²) in [6.45, 7) is 8.95. The SMILES string of the molecule is C=C(NN1CCN(Cc2cccc3ccccc23)CC1)c1ccc(Cl)cc1Cl. The summed E-state index contributed by atoms with van der Waals surface area (Å²) in [4.78, 5) is 2.50. The number of halogens is 2. The lowest BCUT2D eigenvalue weighted by Gasteiger charge is -2.36. The smallest absolute Gasteiger partial charge is 0.0514 e. The molecule has 0 spiro atoms. The van der Waals surface area contributed by atoms with E-state index in [9.17, 15) is 0 Å². The van der Waals surface area contributed by atoms with Gasteiger partial charge in [0.15, 0.2) is 0 Å². The Bertz CT molecular complexity index is 989. The van der Waals surface area contributed by atoms with Gasteiger partial charge in [-0.15, -0.1) is 0 Å². The van der Waals surface area contributed by atoms with Gasteiger partial charge >= 0.3 is 0 Å². The van der Waals surface area contributed by atoms with E-state index < -0.39 is 0 Å². The Hall–Kier alpha value is -2.04. The second-order valence-electron chi connectivity index (χ2n) is 7.12. The molecule has 3 aromatic carbocycles. The van der Waals surface area contributed by atoms with E-state index in [1.807, 2.05) is 12.1 Å². The Morgan fingerprint density at radius 1 is 0.929 bits per heavy atom. The van der Waals surface area contributed by atoms with E-state index in [0.717, 1.165) is 44.0 Å². The molecule has 3 nitrogen and oxygen atoms in total. The lowest BCUT2D eigenvalue weighted by atomic mass is 10.0. The van der Waals surface area contributed by atoms with Gasteiger partial charge in [0.2, 0.25) is 0 Å². The fourth-order valence-corrected chi connectivity index (χ4v) is 4.20. The van der Waals surface area contributed by atoms with Gasteiger partial charge < -0.3 is 5.43 Å². The summed E-state index contributed by atoms with van der Waals surface area (Å²) in [5.74, 6) is 0. The van der Waals surface area contributed by atoms with Crippen LogP contribution in [0.2, 0.25) is 10.0 Å². The van der Waals surface area contributed by atoms with E-state index >= 15 is 0 Å². The monoisotopic (exact) mass is 411 g/mol. The molecular weight excluding hydrogens is 389 g/mol. The molecule has 0 aliphatic carbocycles. The third-order valence-electron chi connectivity index (χ3n) is 5.20. The molecule has 1 heterocycles. The Morgan fingerprint density at radius 3 is 2.46 bits per heavy atom. The number of hydrogen-bond donors (Lipinski definition) is 1. The van der Waals surface area contributed by atoms with Crippen LogP contribution in [0.1, 0.15) is 11.1 Å². The number of fused-ring (bicyclic) bond motifs is 1. The van der Waals surface area contributed by atoms with Crippen LogP contribution >= 0.6 is 23.2 Å². The largest absolute Gasteiger partial charge is 0.319 e. The van der Waals surface area contributed by atoms with Crippen molar-refractivity contribution < 1.29 is 0 Å². The molecule has 1 aliphatic rings. The zero-order chi connectivity index (χ0) is 19.5. The third kappa shape index (κ3) is 4.34. The molecule has 1 aliphatic heterocycles. The number of hydrazine groups is 1. The first kappa shape index (κ1) is 19.3. The van der Waals surface area contributed by atoms with Crippen LogP contribution in [0, 0.1) is 0 Å². The maximum Gasteiger partial charge on any atom is 0.0514 e. The number of piperazine rings is 1. The molecule has 0 atom stereocenters. The molecule has 3 aromatic rings. The second-order valence-corrected chi connectivity index (χ2v) is 7.96. The topological polar surface area (TPSA) is 18.5 Å². The van der Waals surface area contributed by atoms with E-state index in [1.165, 1.54) is 16.3 Å². The van der Waals surface area contributed by atoms with Gasteiger partial charge in [-0.1, -0.05) is 72.2 Å². The summed E-state index contributed by atoms with van der Waals surface area (Å²) in [7, 11) is 0. The first-order chi connectivity index (χ1) is 13.6. The molecule has 1 fully saturated rings. The first-order valence-electron chi connectivity index (χ1n) is 9.45. The van der Waals surface area contributed by atoms with E-state index in [2.05, 4.69) is 64.4 Å². The van der Waals surface area contributed by atoms with E-state index in [4.69, 9.17) is 23.2 Å². The Balaban J connectivity index is 1.35. The summed E-state index contributed by atoms with van der Waals surface area (Å²) in [5, 5.41) is 6.09. The molecule has 0 aromatic heterocycles. The average molecular weight is 412 g/mol. The molecule has 0 saturated carbocycles. The second kappa shape index (κ2) is 8.54. The molecule has 0 radical (unpaired) electrons. The Kier molecular flexibility index (Phi) is 5.88. The molecule has 144 valence electrons. The lowest BCUT2D eigenvalue weighted by Crippen LogP contribution is -2.50. The predicted molar refractivity (Wildman–Crippen MR) is 119 cm³/mol. The van der Waals surface area contributed by atoms with Crippen LogP contribution in [0.3, 0.4) is 0 Å².